The van der Waals surface area contributed by atoms with Gasteiger partial charge in [0, 0.05) is 5.69 Å². The lowest BCUT2D eigenvalue weighted by Crippen LogP contribution is -1.97. The van der Waals surface area contributed by atoms with Gasteiger partial charge in [0.05, 0.1) is 5.69 Å². The Kier molecular flexibility index (Phi) is 4.35. The molecule has 0 aromatic heterocycles. The van der Waals surface area contributed by atoms with E-state index >= 15 is 0 Å². The van der Waals surface area contributed by atoms with Crippen LogP contribution in [-0.2, 0) is 12.8 Å². The quantitative estimate of drug-likeness (QED) is 0.384. The number of nitrogens with zero attached hydrogens (tertiary/aromatic N) is 2. The fourth-order valence-corrected chi connectivity index (χ4v) is 2.36. The highest BCUT2D eigenvalue weighted by atomic mass is 15.3. The summed E-state index contributed by atoms with van der Waals surface area (Å²) in [7, 11) is 0. The number of anilines is 1. The first-order valence-electron chi connectivity index (χ1n) is 6.65. The summed E-state index contributed by atoms with van der Waals surface area (Å²) in [6, 6.07) is 12.1. The fourth-order valence-electron chi connectivity index (χ4n) is 2.36. The normalized spacial score (nSPS) is 11.1. The predicted molar refractivity (Wildman–Crippen MR) is 82.9 cm³/mol. The molecule has 0 heterocycles. The van der Waals surface area contributed by atoms with E-state index in [4.69, 9.17) is 11.6 Å². The molecule has 0 aliphatic carbocycles. The molecule has 0 amide bonds. The van der Waals surface area contributed by atoms with Crippen molar-refractivity contribution < 1.29 is 0 Å². The van der Waals surface area contributed by atoms with E-state index in [-0.39, 0.29) is 0 Å². The van der Waals surface area contributed by atoms with E-state index in [0.29, 0.717) is 0 Å². The van der Waals surface area contributed by atoms with Gasteiger partial charge in [-0.25, -0.2) is 0 Å². The number of aryl methyl sites for hydroxylation is 4. The van der Waals surface area contributed by atoms with Crippen LogP contribution in [0.15, 0.2) is 46.7 Å². The molecule has 0 fully saturated rings. The molecule has 0 radical (unpaired) electrons. The second-order valence-electron chi connectivity index (χ2n) is 5.01. The molecule has 104 valence electrons. The summed E-state index contributed by atoms with van der Waals surface area (Å²) in [5, 5.41) is 7.14. The van der Waals surface area contributed by atoms with Crippen LogP contribution >= 0.6 is 0 Å². The lowest BCUT2D eigenvalue weighted by atomic mass is 9.97. The number of benzene rings is 2. The average molecular weight is 268 g/mol. The van der Waals surface area contributed by atoms with E-state index in [1.807, 2.05) is 24.3 Å². The molecule has 0 aliphatic heterocycles. The Labute approximate surface area is 119 Å². The third kappa shape index (κ3) is 3.35. The van der Waals surface area contributed by atoms with Crippen LogP contribution < -0.4 is 11.6 Å². The van der Waals surface area contributed by atoms with Crippen LogP contribution in [0.4, 0.5) is 11.4 Å². The van der Waals surface area contributed by atoms with E-state index in [1.54, 1.807) is 0 Å². The van der Waals surface area contributed by atoms with Gasteiger partial charge in [0.2, 0.25) is 0 Å². The minimum atomic E-state index is 0.789. The molecule has 4 heteroatoms. The maximum Gasteiger partial charge on any atom is 0.0876 e. The van der Waals surface area contributed by atoms with E-state index in [0.717, 1.165) is 24.2 Å². The van der Waals surface area contributed by atoms with Gasteiger partial charge in [-0.2, -0.15) is 0 Å². The molecular formula is C16H20N4. The molecular weight excluding hydrogens is 248 g/mol. The highest BCUT2D eigenvalue weighted by Gasteiger charge is 2.03. The van der Waals surface area contributed by atoms with Crippen molar-refractivity contribution >= 4 is 11.4 Å². The van der Waals surface area contributed by atoms with Crippen molar-refractivity contribution in [3.8, 4) is 0 Å². The molecule has 4 N–H and O–H groups in total. The molecule has 0 atom stereocenters. The smallest absolute Gasteiger partial charge is 0.0876 e. The monoisotopic (exact) mass is 268 g/mol. The van der Waals surface area contributed by atoms with Crippen LogP contribution in [-0.4, -0.2) is 0 Å². The van der Waals surface area contributed by atoms with E-state index in [1.165, 1.54) is 22.3 Å². The lowest BCUT2D eigenvalue weighted by Gasteiger charge is -2.09. The largest absolute Gasteiger partial charge is 0.399 e. The van der Waals surface area contributed by atoms with Crippen LogP contribution in [0.2, 0.25) is 0 Å². The summed E-state index contributed by atoms with van der Waals surface area (Å²) < 4.78 is 0. The first-order valence-corrected chi connectivity index (χ1v) is 6.65. The van der Waals surface area contributed by atoms with E-state index in [9.17, 15) is 0 Å². The Morgan fingerprint density at radius 2 is 1.50 bits per heavy atom. The topological polar surface area (TPSA) is 76.8 Å². The summed E-state index contributed by atoms with van der Waals surface area (Å²) in [5.74, 6) is 5.06. The summed E-state index contributed by atoms with van der Waals surface area (Å²) in [6.45, 7) is 4.18. The van der Waals surface area contributed by atoms with Gasteiger partial charge in [-0.15, -0.1) is 5.11 Å². The first-order chi connectivity index (χ1) is 9.60. The Balaban J connectivity index is 2.11. The van der Waals surface area contributed by atoms with Crippen LogP contribution in [0.5, 0.6) is 0 Å². The second-order valence-corrected chi connectivity index (χ2v) is 5.01. The SMILES string of the molecule is Cc1cc(N)ccc1CCc1ccc(N=NN)cc1C. The van der Waals surface area contributed by atoms with Crippen LogP contribution in [0.1, 0.15) is 22.3 Å². The molecule has 2 aromatic carbocycles. The minimum absolute atomic E-state index is 0.789. The zero-order chi connectivity index (χ0) is 14.5. The Morgan fingerprint density at radius 1 is 0.900 bits per heavy atom. The number of hydrogen-bond acceptors (Lipinski definition) is 3. The number of hydrogen-bond donors (Lipinski definition) is 2. The van der Waals surface area contributed by atoms with Crippen molar-refractivity contribution in [3.05, 3.63) is 58.7 Å². The maximum atomic E-state index is 5.77. The highest BCUT2D eigenvalue weighted by molar-refractivity contribution is 5.46. The molecule has 0 saturated heterocycles. The zero-order valence-corrected chi connectivity index (χ0v) is 11.9. The molecule has 4 nitrogen and oxygen atoms in total. The van der Waals surface area contributed by atoms with Gasteiger partial charge >= 0.3 is 0 Å². The number of nitrogens with two attached hydrogens (primary N) is 2. The predicted octanol–water partition coefficient (Wildman–Crippen LogP) is 3.63. The highest BCUT2D eigenvalue weighted by Crippen LogP contribution is 2.20. The third-order valence-corrected chi connectivity index (χ3v) is 3.53. The van der Waals surface area contributed by atoms with Gasteiger partial charge in [0.15, 0.2) is 0 Å². The molecule has 2 rings (SSSR count). The van der Waals surface area contributed by atoms with Gasteiger partial charge in [0.1, 0.15) is 0 Å². The first kappa shape index (κ1) is 14.1. The molecule has 2 aromatic rings. The Hall–Kier alpha value is -2.36. The summed E-state index contributed by atoms with van der Waals surface area (Å²) in [4.78, 5) is 0. The minimum Gasteiger partial charge on any atom is -0.399 e. The molecule has 0 spiro atoms. The average Bonchev–Trinajstić information content (AvgIpc) is 2.40. The standard InChI is InChI=1S/C16H20N4/c1-11-9-15(17)7-5-13(11)3-4-14-6-8-16(19-20-18)10-12(14)2/h5-10H,3-4,17H2,1-2H3,(H2,18,19). The third-order valence-electron chi connectivity index (χ3n) is 3.53. The fraction of sp³-hybridized carbons (Fsp3) is 0.250. The van der Waals surface area contributed by atoms with Gasteiger partial charge in [0.25, 0.3) is 0 Å². The lowest BCUT2D eigenvalue weighted by molar-refractivity contribution is 0.938. The van der Waals surface area contributed by atoms with E-state index < -0.39 is 0 Å². The van der Waals surface area contributed by atoms with Crippen molar-refractivity contribution in [2.24, 2.45) is 16.2 Å². The van der Waals surface area contributed by atoms with Crippen LogP contribution in [0.3, 0.4) is 0 Å². The van der Waals surface area contributed by atoms with Crippen molar-refractivity contribution in [2.45, 2.75) is 26.7 Å². The van der Waals surface area contributed by atoms with Gasteiger partial charge in [-0.05, 0) is 73.2 Å². The molecule has 20 heavy (non-hydrogen) atoms. The van der Waals surface area contributed by atoms with Crippen molar-refractivity contribution in [3.63, 3.8) is 0 Å². The Morgan fingerprint density at radius 3 is 2.05 bits per heavy atom. The molecule has 0 saturated carbocycles. The molecule has 0 aliphatic rings. The summed E-state index contributed by atoms with van der Waals surface area (Å²) >= 11 is 0. The van der Waals surface area contributed by atoms with Crippen molar-refractivity contribution in [2.75, 3.05) is 5.73 Å². The Bertz CT molecular complexity index is 632. The maximum absolute atomic E-state index is 5.77. The van der Waals surface area contributed by atoms with Crippen LogP contribution in [0, 0.1) is 13.8 Å². The second kappa shape index (κ2) is 6.19. The molecule has 0 unspecified atom stereocenters. The van der Waals surface area contributed by atoms with Crippen molar-refractivity contribution in [1.29, 1.82) is 0 Å². The molecule has 0 bridgehead atoms. The van der Waals surface area contributed by atoms with Gasteiger partial charge in [-0.3, -0.25) is 0 Å². The van der Waals surface area contributed by atoms with Crippen molar-refractivity contribution in [1.82, 2.24) is 0 Å². The number of rotatable bonds is 4. The van der Waals surface area contributed by atoms with E-state index in [2.05, 4.69) is 36.3 Å². The van der Waals surface area contributed by atoms with Gasteiger partial charge in [-0.1, -0.05) is 17.4 Å². The zero-order valence-electron chi connectivity index (χ0n) is 11.9. The van der Waals surface area contributed by atoms with Gasteiger partial charge < -0.3 is 11.6 Å². The summed E-state index contributed by atoms with van der Waals surface area (Å²) in [5.41, 5.74) is 12.5. The van der Waals surface area contributed by atoms with Crippen LogP contribution in [0.25, 0.3) is 0 Å². The number of nitrogen functional groups attached to an aromatic ring is 1. The summed E-state index contributed by atoms with van der Waals surface area (Å²) in [6.07, 6.45) is 2.00.